The number of hydrogen-bond acceptors (Lipinski definition) is 4. The van der Waals surface area contributed by atoms with E-state index in [0.717, 1.165) is 23.5 Å². The minimum Gasteiger partial charge on any atom is -0.465 e. The predicted molar refractivity (Wildman–Crippen MR) is 83.8 cm³/mol. The second-order valence-electron chi connectivity index (χ2n) is 4.50. The zero-order valence-electron chi connectivity index (χ0n) is 11.6. The van der Waals surface area contributed by atoms with Gasteiger partial charge in [-0.05, 0) is 30.3 Å². The van der Waals surface area contributed by atoms with Gasteiger partial charge in [-0.15, -0.1) is 11.3 Å². The van der Waals surface area contributed by atoms with Crippen molar-refractivity contribution in [3.63, 3.8) is 0 Å². The first-order valence-electron chi connectivity index (χ1n) is 6.55. The van der Waals surface area contributed by atoms with E-state index in [2.05, 4.69) is 10.3 Å². The van der Waals surface area contributed by atoms with Crippen LogP contribution in [0.3, 0.4) is 0 Å². The predicted octanol–water partition coefficient (Wildman–Crippen LogP) is 4.33. The van der Waals surface area contributed by atoms with Crippen molar-refractivity contribution < 1.29 is 18.0 Å². The first kappa shape index (κ1) is 15.1. The Morgan fingerprint density at radius 1 is 1.30 bits per heavy atom. The molecule has 2 aromatic heterocycles. The second-order valence-corrected chi connectivity index (χ2v) is 5.36. The number of thiazole rings is 1. The molecule has 2 heterocycles. The van der Waals surface area contributed by atoms with Crippen LogP contribution in [0.4, 0.5) is 13.9 Å². The highest BCUT2D eigenvalue weighted by molar-refractivity contribution is 7.14. The third-order valence-corrected chi connectivity index (χ3v) is 3.64. The maximum Gasteiger partial charge on any atom is 0.250 e. The fourth-order valence-electron chi connectivity index (χ4n) is 1.84. The summed E-state index contributed by atoms with van der Waals surface area (Å²) >= 11 is 1.15. The average molecular weight is 332 g/mol. The fraction of sp³-hybridized carbons (Fsp3) is 0. The van der Waals surface area contributed by atoms with Crippen LogP contribution in [-0.2, 0) is 4.79 Å². The molecule has 0 unspecified atom stereocenters. The monoisotopic (exact) mass is 332 g/mol. The third-order valence-electron chi connectivity index (χ3n) is 2.88. The fourth-order valence-corrected chi connectivity index (χ4v) is 2.56. The van der Waals surface area contributed by atoms with Gasteiger partial charge in [-0.3, -0.25) is 10.1 Å². The molecule has 0 fully saturated rings. The van der Waals surface area contributed by atoms with Gasteiger partial charge in [0.1, 0.15) is 17.4 Å². The molecule has 0 aliphatic carbocycles. The van der Waals surface area contributed by atoms with Gasteiger partial charge in [0.05, 0.1) is 12.0 Å². The van der Waals surface area contributed by atoms with Crippen molar-refractivity contribution in [3.8, 4) is 11.3 Å². The summed E-state index contributed by atoms with van der Waals surface area (Å²) in [5.41, 5.74) is 0.507. The molecule has 0 saturated heterocycles. The lowest BCUT2D eigenvalue weighted by Gasteiger charge is -1.99. The van der Waals surface area contributed by atoms with Crippen LogP contribution in [0.15, 0.2) is 52.5 Å². The van der Waals surface area contributed by atoms with Gasteiger partial charge in [-0.1, -0.05) is 0 Å². The van der Waals surface area contributed by atoms with Crippen LogP contribution < -0.4 is 5.32 Å². The smallest absolute Gasteiger partial charge is 0.250 e. The van der Waals surface area contributed by atoms with Crippen LogP contribution in [0.25, 0.3) is 17.3 Å². The molecule has 0 aliphatic rings. The maximum atomic E-state index is 13.7. The molecular weight excluding hydrogens is 322 g/mol. The van der Waals surface area contributed by atoms with Crippen molar-refractivity contribution in [2.75, 3.05) is 5.32 Å². The number of rotatable bonds is 4. The minimum absolute atomic E-state index is 0.175. The highest BCUT2D eigenvalue weighted by atomic mass is 32.1. The van der Waals surface area contributed by atoms with E-state index < -0.39 is 11.6 Å². The van der Waals surface area contributed by atoms with Gasteiger partial charge >= 0.3 is 0 Å². The molecule has 0 atom stereocenters. The van der Waals surface area contributed by atoms with E-state index in [9.17, 15) is 13.6 Å². The van der Waals surface area contributed by atoms with Crippen molar-refractivity contribution in [1.82, 2.24) is 4.98 Å². The topological polar surface area (TPSA) is 55.1 Å². The number of halogens is 2. The van der Waals surface area contributed by atoms with Crippen molar-refractivity contribution >= 4 is 28.5 Å². The molecule has 7 heteroatoms. The summed E-state index contributed by atoms with van der Waals surface area (Å²) in [5, 5.41) is 4.47. The van der Waals surface area contributed by atoms with Crippen molar-refractivity contribution in [2.45, 2.75) is 0 Å². The van der Waals surface area contributed by atoms with Crippen molar-refractivity contribution in [3.05, 3.63) is 65.4 Å². The number of benzene rings is 1. The summed E-state index contributed by atoms with van der Waals surface area (Å²) in [6, 6.07) is 6.67. The number of amides is 1. The van der Waals surface area contributed by atoms with Crippen LogP contribution in [0, 0.1) is 11.6 Å². The van der Waals surface area contributed by atoms with Gasteiger partial charge in [0, 0.05) is 23.1 Å². The first-order valence-corrected chi connectivity index (χ1v) is 7.43. The normalized spacial score (nSPS) is 11.0. The number of aromatic nitrogens is 1. The molecule has 0 saturated carbocycles. The minimum atomic E-state index is -0.703. The van der Waals surface area contributed by atoms with Gasteiger partial charge in [0.2, 0.25) is 5.91 Å². The number of carbonyl (C=O) groups is 1. The Labute approximate surface area is 134 Å². The van der Waals surface area contributed by atoms with Gasteiger partial charge in [0.25, 0.3) is 0 Å². The highest BCUT2D eigenvalue weighted by Gasteiger charge is 2.11. The maximum absolute atomic E-state index is 13.7. The summed E-state index contributed by atoms with van der Waals surface area (Å²) in [6.07, 6.45) is 4.32. The lowest BCUT2D eigenvalue weighted by Crippen LogP contribution is -2.07. The first-order chi connectivity index (χ1) is 11.1. The van der Waals surface area contributed by atoms with Gasteiger partial charge in [0.15, 0.2) is 5.13 Å². The zero-order chi connectivity index (χ0) is 16.2. The summed E-state index contributed by atoms with van der Waals surface area (Å²) < 4.78 is 31.7. The van der Waals surface area contributed by atoms with E-state index in [0.29, 0.717) is 16.6 Å². The van der Waals surface area contributed by atoms with E-state index in [-0.39, 0.29) is 11.5 Å². The molecule has 1 amide bonds. The summed E-state index contributed by atoms with van der Waals surface area (Å²) in [7, 11) is 0. The number of anilines is 1. The Morgan fingerprint density at radius 3 is 2.91 bits per heavy atom. The average Bonchev–Trinajstić information content (AvgIpc) is 3.17. The number of carbonyl (C=O) groups excluding carboxylic acids is 1. The van der Waals surface area contributed by atoms with Gasteiger partial charge in [-0.2, -0.15) is 0 Å². The Balaban J connectivity index is 1.71. The van der Waals surface area contributed by atoms with E-state index in [1.54, 1.807) is 17.5 Å². The van der Waals surface area contributed by atoms with Crippen LogP contribution >= 0.6 is 11.3 Å². The molecule has 3 aromatic rings. The molecule has 0 spiro atoms. The largest absolute Gasteiger partial charge is 0.465 e. The quantitative estimate of drug-likeness (QED) is 0.723. The molecule has 4 nitrogen and oxygen atoms in total. The molecule has 0 bridgehead atoms. The summed E-state index contributed by atoms with van der Waals surface area (Å²) in [6.45, 7) is 0. The van der Waals surface area contributed by atoms with Crippen molar-refractivity contribution in [2.24, 2.45) is 0 Å². The number of hydrogen-bond donors (Lipinski definition) is 1. The van der Waals surface area contributed by atoms with Crippen LogP contribution in [0.5, 0.6) is 0 Å². The Bertz CT molecular complexity index is 857. The zero-order valence-corrected chi connectivity index (χ0v) is 12.4. The Kier molecular flexibility index (Phi) is 4.29. The van der Waals surface area contributed by atoms with E-state index in [4.69, 9.17) is 4.42 Å². The molecule has 0 aliphatic heterocycles. The van der Waals surface area contributed by atoms with Gasteiger partial charge in [-0.25, -0.2) is 13.8 Å². The second kappa shape index (κ2) is 6.53. The summed E-state index contributed by atoms with van der Waals surface area (Å²) in [5.74, 6) is -1.20. The Morgan fingerprint density at radius 2 is 2.17 bits per heavy atom. The van der Waals surface area contributed by atoms with E-state index in [1.807, 2.05) is 0 Å². The molecule has 0 radical (unpaired) electrons. The molecule has 23 heavy (non-hydrogen) atoms. The van der Waals surface area contributed by atoms with Crippen molar-refractivity contribution in [1.29, 1.82) is 0 Å². The van der Waals surface area contributed by atoms with Crippen LogP contribution in [-0.4, -0.2) is 10.9 Å². The number of furan rings is 1. The highest BCUT2D eigenvalue weighted by Crippen LogP contribution is 2.27. The lowest BCUT2D eigenvalue weighted by molar-refractivity contribution is -0.111. The van der Waals surface area contributed by atoms with E-state index >= 15 is 0 Å². The standard InChI is InChI=1S/C16H10F2N2O2S/c17-10-3-5-12(13(18)8-10)14-9-23-16(19-14)20-15(21)6-4-11-2-1-7-22-11/h1-9H,(H,19,20,21). The molecule has 1 aromatic carbocycles. The van der Waals surface area contributed by atoms with Crippen LogP contribution in [0.2, 0.25) is 0 Å². The number of nitrogens with one attached hydrogen (secondary N) is 1. The molecule has 116 valence electrons. The van der Waals surface area contributed by atoms with E-state index in [1.165, 1.54) is 24.5 Å². The molecule has 3 rings (SSSR count). The SMILES string of the molecule is O=C(C=Cc1ccco1)Nc1nc(-c2ccc(F)cc2F)cs1. The van der Waals surface area contributed by atoms with Gasteiger partial charge < -0.3 is 4.42 Å². The Hall–Kier alpha value is -2.80. The molecule has 1 N–H and O–H groups in total. The third kappa shape index (κ3) is 3.70. The number of nitrogens with zero attached hydrogens (tertiary/aromatic N) is 1. The lowest BCUT2D eigenvalue weighted by atomic mass is 10.1. The van der Waals surface area contributed by atoms with Crippen LogP contribution in [0.1, 0.15) is 5.76 Å². The summed E-state index contributed by atoms with van der Waals surface area (Å²) in [4.78, 5) is 15.9. The molecular formula is C16H10F2N2O2S.